The van der Waals surface area contributed by atoms with Gasteiger partial charge >= 0.3 is 0 Å². The third-order valence-corrected chi connectivity index (χ3v) is 3.68. The van der Waals surface area contributed by atoms with Crippen LogP contribution in [0.1, 0.15) is 12.8 Å². The molecule has 3 rings (SSSR count). The van der Waals surface area contributed by atoms with Crippen LogP contribution in [0.2, 0.25) is 0 Å². The molecular weight excluding hydrogens is 238 g/mol. The summed E-state index contributed by atoms with van der Waals surface area (Å²) >= 11 is 0. The summed E-state index contributed by atoms with van der Waals surface area (Å²) in [6.45, 7) is 2.74. The van der Waals surface area contributed by atoms with Crippen molar-refractivity contribution in [3.8, 4) is 11.3 Å². The molecule has 1 atom stereocenters. The number of piperidine rings is 1. The van der Waals surface area contributed by atoms with Crippen LogP contribution in [-0.4, -0.2) is 34.6 Å². The van der Waals surface area contributed by atoms with Crippen LogP contribution in [0.15, 0.2) is 30.7 Å². The number of hydrogen-bond donors (Lipinski definition) is 2. The van der Waals surface area contributed by atoms with Crippen molar-refractivity contribution in [1.82, 2.24) is 15.0 Å². The van der Waals surface area contributed by atoms with Crippen molar-refractivity contribution in [3.63, 3.8) is 0 Å². The van der Waals surface area contributed by atoms with E-state index in [1.807, 2.05) is 30.7 Å². The molecule has 0 aliphatic carbocycles. The van der Waals surface area contributed by atoms with Gasteiger partial charge in [0.25, 0.3) is 0 Å². The Morgan fingerprint density at radius 2 is 2.21 bits per heavy atom. The van der Waals surface area contributed by atoms with Crippen LogP contribution in [0, 0.1) is 5.92 Å². The molecule has 2 aromatic rings. The number of rotatable bonds is 3. The molecule has 0 spiro atoms. The molecule has 1 saturated heterocycles. The van der Waals surface area contributed by atoms with Gasteiger partial charge in [-0.25, -0.2) is 9.97 Å². The SMILES string of the molecule is NCC1CCCN(c2ncc(-c3ccc[nH]3)cn2)C1. The van der Waals surface area contributed by atoms with E-state index in [-0.39, 0.29) is 0 Å². The zero-order chi connectivity index (χ0) is 13.1. The minimum absolute atomic E-state index is 0.570. The molecule has 0 radical (unpaired) electrons. The van der Waals surface area contributed by atoms with Crippen LogP contribution in [0.4, 0.5) is 5.95 Å². The van der Waals surface area contributed by atoms with Crippen molar-refractivity contribution in [2.75, 3.05) is 24.5 Å². The lowest BCUT2D eigenvalue weighted by atomic mass is 9.99. The van der Waals surface area contributed by atoms with Crippen LogP contribution < -0.4 is 10.6 Å². The fraction of sp³-hybridized carbons (Fsp3) is 0.429. The smallest absolute Gasteiger partial charge is 0.225 e. The van der Waals surface area contributed by atoms with Crippen molar-refractivity contribution in [2.24, 2.45) is 11.7 Å². The zero-order valence-electron chi connectivity index (χ0n) is 10.9. The number of hydrogen-bond acceptors (Lipinski definition) is 4. The second-order valence-electron chi connectivity index (χ2n) is 5.05. The van der Waals surface area contributed by atoms with E-state index in [0.29, 0.717) is 5.92 Å². The quantitative estimate of drug-likeness (QED) is 0.877. The second-order valence-corrected chi connectivity index (χ2v) is 5.05. The van der Waals surface area contributed by atoms with Gasteiger partial charge in [0.15, 0.2) is 0 Å². The monoisotopic (exact) mass is 257 g/mol. The van der Waals surface area contributed by atoms with Crippen molar-refractivity contribution < 1.29 is 0 Å². The maximum Gasteiger partial charge on any atom is 0.225 e. The molecule has 2 aromatic heterocycles. The molecule has 3 N–H and O–H groups in total. The average molecular weight is 257 g/mol. The first-order valence-electron chi connectivity index (χ1n) is 6.77. The van der Waals surface area contributed by atoms with E-state index in [9.17, 15) is 0 Å². The van der Waals surface area contributed by atoms with Crippen LogP contribution in [0.25, 0.3) is 11.3 Å². The summed E-state index contributed by atoms with van der Waals surface area (Å²) < 4.78 is 0. The van der Waals surface area contributed by atoms with E-state index in [0.717, 1.165) is 36.8 Å². The first kappa shape index (κ1) is 12.2. The Hall–Kier alpha value is -1.88. The number of nitrogens with two attached hydrogens (primary N) is 1. The van der Waals surface area contributed by atoms with Gasteiger partial charge in [0, 0.05) is 42.9 Å². The lowest BCUT2D eigenvalue weighted by Crippen LogP contribution is -2.39. The molecule has 5 nitrogen and oxygen atoms in total. The van der Waals surface area contributed by atoms with Crippen molar-refractivity contribution >= 4 is 5.95 Å². The lowest BCUT2D eigenvalue weighted by molar-refractivity contribution is 0.419. The third-order valence-electron chi connectivity index (χ3n) is 3.68. The molecule has 1 aliphatic heterocycles. The van der Waals surface area contributed by atoms with Gasteiger partial charge in [0.05, 0.1) is 0 Å². The Kier molecular flexibility index (Phi) is 3.46. The first-order valence-corrected chi connectivity index (χ1v) is 6.77. The molecule has 1 fully saturated rings. The Labute approximate surface area is 112 Å². The van der Waals surface area contributed by atoms with Crippen molar-refractivity contribution in [3.05, 3.63) is 30.7 Å². The van der Waals surface area contributed by atoms with E-state index in [4.69, 9.17) is 5.73 Å². The number of aromatic nitrogens is 3. The maximum absolute atomic E-state index is 5.76. The zero-order valence-corrected chi connectivity index (χ0v) is 10.9. The van der Waals surface area contributed by atoms with Gasteiger partial charge in [0.2, 0.25) is 5.95 Å². The van der Waals surface area contributed by atoms with Gasteiger partial charge in [-0.1, -0.05) is 0 Å². The molecule has 5 heteroatoms. The fourth-order valence-corrected chi connectivity index (χ4v) is 2.57. The van der Waals surface area contributed by atoms with Gasteiger partial charge in [-0.3, -0.25) is 0 Å². The van der Waals surface area contributed by atoms with Crippen LogP contribution >= 0.6 is 0 Å². The number of nitrogens with one attached hydrogen (secondary N) is 1. The molecule has 0 amide bonds. The molecular formula is C14H19N5. The standard InChI is InChI=1S/C14H19N5/c15-7-11-3-2-6-19(10-11)14-17-8-12(9-18-14)13-4-1-5-16-13/h1,4-5,8-9,11,16H,2-3,6-7,10,15H2. The highest BCUT2D eigenvalue weighted by Crippen LogP contribution is 2.21. The summed E-state index contributed by atoms with van der Waals surface area (Å²) in [5.74, 6) is 1.38. The Morgan fingerprint density at radius 1 is 1.37 bits per heavy atom. The number of nitrogens with zero attached hydrogens (tertiary/aromatic N) is 3. The van der Waals surface area contributed by atoms with E-state index in [2.05, 4.69) is 19.9 Å². The average Bonchev–Trinajstić information content (AvgIpc) is 3.02. The van der Waals surface area contributed by atoms with Crippen LogP contribution in [0.3, 0.4) is 0 Å². The summed E-state index contributed by atoms with van der Waals surface area (Å²) in [7, 11) is 0. The minimum Gasteiger partial charge on any atom is -0.361 e. The summed E-state index contributed by atoms with van der Waals surface area (Å²) in [5, 5.41) is 0. The van der Waals surface area contributed by atoms with E-state index in [1.165, 1.54) is 12.8 Å². The normalized spacial score (nSPS) is 19.6. The van der Waals surface area contributed by atoms with Gasteiger partial charge < -0.3 is 15.6 Å². The highest BCUT2D eigenvalue weighted by molar-refractivity contribution is 5.57. The predicted octanol–water partition coefficient (Wildman–Crippen LogP) is 1.65. The predicted molar refractivity (Wildman–Crippen MR) is 75.8 cm³/mol. The molecule has 19 heavy (non-hydrogen) atoms. The molecule has 0 aromatic carbocycles. The van der Waals surface area contributed by atoms with Crippen LogP contribution in [0.5, 0.6) is 0 Å². The summed E-state index contributed by atoms with van der Waals surface area (Å²) in [6, 6.07) is 3.99. The summed E-state index contributed by atoms with van der Waals surface area (Å²) in [5.41, 5.74) is 7.82. The van der Waals surface area contributed by atoms with E-state index >= 15 is 0 Å². The van der Waals surface area contributed by atoms with E-state index in [1.54, 1.807) is 0 Å². The maximum atomic E-state index is 5.76. The Bertz CT molecular complexity index is 505. The first-order chi connectivity index (χ1) is 9.36. The Balaban J connectivity index is 1.75. The highest BCUT2D eigenvalue weighted by atomic mass is 15.3. The van der Waals surface area contributed by atoms with Crippen LogP contribution in [-0.2, 0) is 0 Å². The largest absolute Gasteiger partial charge is 0.361 e. The highest BCUT2D eigenvalue weighted by Gasteiger charge is 2.20. The molecule has 1 aliphatic rings. The number of anilines is 1. The van der Waals surface area contributed by atoms with Crippen molar-refractivity contribution in [2.45, 2.75) is 12.8 Å². The van der Waals surface area contributed by atoms with Gasteiger partial charge in [-0.05, 0) is 37.4 Å². The lowest BCUT2D eigenvalue weighted by Gasteiger charge is -2.32. The molecule has 100 valence electrons. The summed E-state index contributed by atoms with van der Waals surface area (Å²) in [4.78, 5) is 14.4. The third kappa shape index (κ3) is 2.61. The van der Waals surface area contributed by atoms with Gasteiger partial charge in [-0.2, -0.15) is 0 Å². The minimum atomic E-state index is 0.570. The molecule has 1 unspecified atom stereocenters. The second kappa shape index (κ2) is 5.40. The number of H-pyrrole nitrogens is 1. The van der Waals surface area contributed by atoms with Gasteiger partial charge in [-0.15, -0.1) is 0 Å². The number of aromatic amines is 1. The molecule has 0 saturated carbocycles. The Morgan fingerprint density at radius 3 is 2.89 bits per heavy atom. The van der Waals surface area contributed by atoms with Gasteiger partial charge in [0.1, 0.15) is 0 Å². The fourth-order valence-electron chi connectivity index (χ4n) is 2.57. The molecule has 3 heterocycles. The van der Waals surface area contributed by atoms with E-state index < -0.39 is 0 Å². The topological polar surface area (TPSA) is 70.8 Å². The molecule has 0 bridgehead atoms. The summed E-state index contributed by atoms with van der Waals surface area (Å²) in [6.07, 6.45) is 8.04. The van der Waals surface area contributed by atoms with Crippen molar-refractivity contribution in [1.29, 1.82) is 0 Å².